The third-order valence-corrected chi connectivity index (χ3v) is 7.85. The first kappa shape index (κ1) is 24.7. The molecule has 1 aliphatic heterocycles. The molecule has 2 heterocycles. The molecule has 1 aliphatic carbocycles. The van der Waals surface area contributed by atoms with Crippen LogP contribution in [0.25, 0.3) is 11.3 Å². The van der Waals surface area contributed by atoms with Crippen molar-refractivity contribution in [1.29, 1.82) is 0 Å². The van der Waals surface area contributed by atoms with E-state index in [4.69, 9.17) is 22.4 Å². The highest BCUT2D eigenvalue weighted by Gasteiger charge is 2.34. The van der Waals surface area contributed by atoms with Gasteiger partial charge in [-0.25, -0.2) is 4.68 Å². The number of carbonyl (C=O) groups is 1. The summed E-state index contributed by atoms with van der Waals surface area (Å²) in [7, 11) is 2.07. The van der Waals surface area contributed by atoms with Crippen LogP contribution in [0.5, 0.6) is 0 Å². The van der Waals surface area contributed by atoms with Crippen molar-refractivity contribution in [3.8, 4) is 11.3 Å². The summed E-state index contributed by atoms with van der Waals surface area (Å²) >= 11 is 6.19. The van der Waals surface area contributed by atoms with Gasteiger partial charge in [-0.15, -0.1) is 0 Å². The van der Waals surface area contributed by atoms with Gasteiger partial charge in [-0.3, -0.25) is 9.59 Å². The van der Waals surface area contributed by atoms with Crippen molar-refractivity contribution in [3.63, 3.8) is 0 Å². The summed E-state index contributed by atoms with van der Waals surface area (Å²) in [4.78, 5) is 30.0. The summed E-state index contributed by atoms with van der Waals surface area (Å²) in [5, 5.41) is 5.41. The summed E-state index contributed by atoms with van der Waals surface area (Å²) in [5.74, 6) is 0.0332. The fourth-order valence-corrected chi connectivity index (χ4v) is 5.48. The van der Waals surface area contributed by atoms with Crippen molar-refractivity contribution in [1.82, 2.24) is 19.6 Å². The highest BCUT2D eigenvalue weighted by atomic mass is 35.5. The molecule has 5 rings (SSSR count). The van der Waals surface area contributed by atoms with Gasteiger partial charge in [-0.05, 0) is 68.6 Å². The Balaban J connectivity index is 1.34. The summed E-state index contributed by atoms with van der Waals surface area (Å²) in [6.07, 6.45) is 2.99. The molecule has 3 aromatic rings. The molecule has 1 amide bonds. The minimum atomic E-state index is -0.458. The normalized spacial score (nSPS) is 23.0. The number of nitrogens with two attached hydrogens (primary N) is 1. The Labute approximate surface area is 216 Å². The zero-order valence-electron chi connectivity index (χ0n) is 20.6. The van der Waals surface area contributed by atoms with Gasteiger partial charge in [-0.1, -0.05) is 35.9 Å². The Kier molecular flexibility index (Phi) is 6.97. The number of nitrogens with zero attached hydrogens (tertiary/aromatic N) is 4. The van der Waals surface area contributed by atoms with Crippen LogP contribution in [-0.2, 0) is 5.54 Å². The van der Waals surface area contributed by atoms with Crippen LogP contribution in [0.3, 0.4) is 0 Å². The van der Waals surface area contributed by atoms with E-state index in [1.54, 1.807) is 16.8 Å². The second-order valence-corrected chi connectivity index (χ2v) is 10.5. The zero-order chi connectivity index (χ0) is 25.3. The molecule has 36 heavy (non-hydrogen) atoms. The van der Waals surface area contributed by atoms with E-state index >= 15 is 0 Å². The summed E-state index contributed by atoms with van der Waals surface area (Å²) in [6.45, 7) is 3.20. The zero-order valence-corrected chi connectivity index (χ0v) is 21.3. The third kappa shape index (κ3) is 5.09. The molecule has 8 heteroatoms. The van der Waals surface area contributed by atoms with Gasteiger partial charge in [0, 0.05) is 53.9 Å². The van der Waals surface area contributed by atoms with Gasteiger partial charge in [0.25, 0.3) is 11.5 Å². The molecule has 1 saturated carbocycles. The lowest BCUT2D eigenvalue weighted by Crippen LogP contribution is -2.47. The maximum absolute atomic E-state index is 13.1. The molecule has 1 aromatic heterocycles. The predicted molar refractivity (Wildman–Crippen MR) is 142 cm³/mol. The molecular weight excluding hydrogens is 474 g/mol. The average Bonchev–Trinajstić information content (AvgIpc) is 2.90. The Morgan fingerprint density at radius 3 is 2.44 bits per heavy atom. The van der Waals surface area contributed by atoms with Gasteiger partial charge < -0.3 is 15.5 Å². The molecule has 0 bridgehead atoms. The average molecular weight is 506 g/mol. The minimum absolute atomic E-state index is 0.0246. The predicted octanol–water partition coefficient (Wildman–Crippen LogP) is 3.92. The Hall–Kier alpha value is -3.00. The van der Waals surface area contributed by atoms with Crippen LogP contribution >= 0.6 is 11.6 Å². The molecule has 2 N–H and O–H groups in total. The molecular formula is C28H32ClN5O2. The Bertz CT molecular complexity index is 1310. The van der Waals surface area contributed by atoms with Crippen LogP contribution in [0.2, 0.25) is 5.02 Å². The Morgan fingerprint density at radius 2 is 1.72 bits per heavy atom. The van der Waals surface area contributed by atoms with E-state index in [-0.39, 0.29) is 17.5 Å². The number of piperazine rings is 1. The lowest BCUT2D eigenvalue weighted by molar-refractivity contribution is 0.0664. The van der Waals surface area contributed by atoms with Crippen LogP contribution < -0.4 is 11.3 Å². The lowest BCUT2D eigenvalue weighted by Gasteiger charge is -2.37. The number of hydrogen-bond acceptors (Lipinski definition) is 5. The largest absolute Gasteiger partial charge is 0.336 e. The van der Waals surface area contributed by atoms with Crippen molar-refractivity contribution < 1.29 is 4.79 Å². The second-order valence-electron chi connectivity index (χ2n) is 10.1. The first-order chi connectivity index (χ1) is 17.3. The quantitative estimate of drug-likeness (QED) is 0.581. The molecule has 2 fully saturated rings. The number of likely N-dealkylation sites (N-methyl/N-ethyl adjacent to an activating group) is 1. The molecule has 188 valence electrons. The van der Waals surface area contributed by atoms with E-state index in [1.807, 2.05) is 53.4 Å². The molecule has 0 unspecified atom stereocenters. The number of aromatic nitrogens is 2. The monoisotopic (exact) mass is 505 g/mol. The number of halogens is 1. The fraction of sp³-hybridized carbons (Fsp3) is 0.393. The molecule has 2 aliphatic rings. The van der Waals surface area contributed by atoms with Gasteiger partial charge in [0.1, 0.15) is 0 Å². The Morgan fingerprint density at radius 1 is 1.00 bits per heavy atom. The van der Waals surface area contributed by atoms with E-state index in [2.05, 4.69) is 11.9 Å². The molecule has 0 radical (unpaired) electrons. The standard InChI is InChI=1S/C28H32ClN5O2/c1-32-14-16-33(17-15-32)27(36)21-5-2-4-20(18-21)25-8-9-26(35)34(31-25)24-10-12-28(30,13-11-24)22-6-3-7-23(29)19-22/h2-9,18-19,24H,10-17,30H2,1H3. The number of carbonyl (C=O) groups excluding carboxylic acids is 1. The highest BCUT2D eigenvalue weighted by Crippen LogP contribution is 2.39. The van der Waals surface area contributed by atoms with Gasteiger partial charge in [0.15, 0.2) is 0 Å². The number of hydrogen-bond donors (Lipinski definition) is 1. The van der Waals surface area contributed by atoms with Crippen LogP contribution in [-0.4, -0.2) is 58.7 Å². The van der Waals surface area contributed by atoms with Crippen molar-refractivity contribution >= 4 is 17.5 Å². The molecule has 2 aromatic carbocycles. The van der Waals surface area contributed by atoms with E-state index < -0.39 is 5.54 Å². The van der Waals surface area contributed by atoms with E-state index in [9.17, 15) is 9.59 Å². The first-order valence-electron chi connectivity index (χ1n) is 12.6. The fourth-order valence-electron chi connectivity index (χ4n) is 5.29. The second kappa shape index (κ2) is 10.2. The van der Waals surface area contributed by atoms with Crippen LogP contribution in [0, 0.1) is 0 Å². The van der Waals surface area contributed by atoms with Crippen LogP contribution in [0.15, 0.2) is 65.5 Å². The molecule has 1 saturated heterocycles. The van der Waals surface area contributed by atoms with Gasteiger partial charge in [-0.2, -0.15) is 5.10 Å². The van der Waals surface area contributed by atoms with Gasteiger partial charge in [0.05, 0.1) is 11.7 Å². The lowest BCUT2D eigenvalue weighted by atomic mass is 9.75. The summed E-state index contributed by atoms with van der Waals surface area (Å²) in [6, 6.07) is 18.5. The SMILES string of the molecule is CN1CCN(C(=O)c2cccc(-c3ccc(=O)n(C4CCC(N)(c5cccc(Cl)c5)CC4)n3)c2)CC1. The van der Waals surface area contributed by atoms with Crippen molar-refractivity contribution in [2.75, 3.05) is 33.2 Å². The van der Waals surface area contributed by atoms with Gasteiger partial charge in [0.2, 0.25) is 0 Å². The van der Waals surface area contributed by atoms with Crippen molar-refractivity contribution in [2.24, 2.45) is 5.73 Å². The topological polar surface area (TPSA) is 84.5 Å². The third-order valence-electron chi connectivity index (χ3n) is 7.61. The highest BCUT2D eigenvalue weighted by molar-refractivity contribution is 6.30. The van der Waals surface area contributed by atoms with E-state index in [1.165, 1.54) is 0 Å². The van der Waals surface area contributed by atoms with Crippen LogP contribution in [0.4, 0.5) is 0 Å². The van der Waals surface area contributed by atoms with Gasteiger partial charge >= 0.3 is 0 Å². The first-order valence-corrected chi connectivity index (χ1v) is 12.9. The van der Waals surface area contributed by atoms with Crippen molar-refractivity contribution in [2.45, 2.75) is 37.3 Å². The van der Waals surface area contributed by atoms with Crippen LogP contribution in [0.1, 0.15) is 47.6 Å². The summed E-state index contributed by atoms with van der Waals surface area (Å²) < 4.78 is 1.60. The summed E-state index contributed by atoms with van der Waals surface area (Å²) in [5.41, 5.74) is 9.36. The maximum Gasteiger partial charge on any atom is 0.267 e. The van der Waals surface area contributed by atoms with Crippen molar-refractivity contribution in [3.05, 3.63) is 87.2 Å². The number of rotatable bonds is 4. The molecule has 0 atom stereocenters. The number of benzene rings is 2. The number of amides is 1. The molecule has 7 nitrogen and oxygen atoms in total. The minimum Gasteiger partial charge on any atom is -0.336 e. The molecule has 0 spiro atoms. The maximum atomic E-state index is 13.1. The van der Waals surface area contributed by atoms with E-state index in [0.717, 1.165) is 63.0 Å². The van der Waals surface area contributed by atoms with E-state index in [0.29, 0.717) is 16.3 Å². The smallest absolute Gasteiger partial charge is 0.267 e.